The number of hydrogen-bond acceptors (Lipinski definition) is 26. The minimum absolute atomic E-state index is 0.739. The summed E-state index contributed by atoms with van der Waals surface area (Å²) in [5.74, 6) is -6.27. The van der Waals surface area contributed by atoms with E-state index in [1.54, 1.807) is 0 Å². The van der Waals surface area contributed by atoms with Crippen LogP contribution >= 0.6 is 0 Å². The molecular weight excluding hydrogens is 880 g/mol. The molecule has 5 rings (SSSR count). The molecule has 0 aromatic heterocycles. The zero-order chi connectivity index (χ0) is 47.5. The maximum absolute atomic E-state index is 12.8. The normalized spacial score (nSPS) is 47.8. The molecule has 0 radical (unpaired) electrons. The molecular formula is C36H58O28. The van der Waals surface area contributed by atoms with Crippen molar-refractivity contribution in [2.24, 2.45) is 5.92 Å². The SMILES string of the molecule is CO[C@H]1O[C@H](CO)[C@@H](O[C@@H]2O[C@@H](C(=O)O)[C@@H](C3O[C@H](CO)[C@@H](O[C@@H]4O[C@H](C(=O)O)[C@@H](O[C@H]5O[C@H](CO)[C@@H](OC)[C@H](O)[C@H]5O)[C@H](OC)[C@H]4OC(C)=O)[C@H](O)[C@H]3O)[C@H](OC)[C@H]2O)[C@H](O)[C@H]1O. The summed E-state index contributed by atoms with van der Waals surface area (Å²) in [5.41, 5.74) is 0. The molecule has 5 heterocycles. The van der Waals surface area contributed by atoms with E-state index in [-0.39, 0.29) is 0 Å². The van der Waals surface area contributed by atoms with Crippen molar-refractivity contribution in [2.75, 3.05) is 48.3 Å². The molecule has 0 spiro atoms. The first-order chi connectivity index (χ1) is 30.3. The molecule has 0 saturated carbocycles. The first-order valence-corrected chi connectivity index (χ1v) is 19.9. The number of aliphatic hydroxyl groups is 10. The monoisotopic (exact) mass is 938 g/mol. The molecule has 1 unspecified atom stereocenters. The van der Waals surface area contributed by atoms with Crippen LogP contribution in [0.5, 0.6) is 0 Å². The summed E-state index contributed by atoms with van der Waals surface area (Å²) in [6, 6.07) is 0. The van der Waals surface area contributed by atoms with Crippen LogP contribution in [0, 0.1) is 5.92 Å². The van der Waals surface area contributed by atoms with Gasteiger partial charge in [-0.25, -0.2) is 9.59 Å². The van der Waals surface area contributed by atoms with E-state index in [9.17, 15) is 75.7 Å². The molecule has 5 aliphatic heterocycles. The summed E-state index contributed by atoms with van der Waals surface area (Å²) in [6.07, 6.45) is -43.4. The largest absolute Gasteiger partial charge is 0.479 e. The van der Waals surface area contributed by atoms with Crippen molar-refractivity contribution in [3.05, 3.63) is 0 Å². The molecule has 12 N–H and O–H groups in total. The maximum Gasteiger partial charge on any atom is 0.335 e. The molecule has 5 aliphatic rings. The lowest BCUT2D eigenvalue weighted by atomic mass is 9.78. The van der Waals surface area contributed by atoms with Crippen LogP contribution in [0.2, 0.25) is 0 Å². The second kappa shape index (κ2) is 22.6. The fraction of sp³-hybridized carbons (Fsp3) is 0.917. The average molecular weight is 939 g/mol. The molecule has 0 aromatic rings. The van der Waals surface area contributed by atoms with Gasteiger partial charge in [0.25, 0.3) is 0 Å². The number of ether oxygens (including phenoxy) is 13. The highest BCUT2D eigenvalue weighted by molar-refractivity contribution is 5.74. The number of esters is 1. The number of methoxy groups -OCH3 is 4. The van der Waals surface area contributed by atoms with Gasteiger partial charge < -0.3 is 123 Å². The Morgan fingerprint density at radius 1 is 0.438 bits per heavy atom. The van der Waals surface area contributed by atoms with E-state index >= 15 is 0 Å². The van der Waals surface area contributed by atoms with Crippen molar-refractivity contribution in [1.29, 1.82) is 0 Å². The van der Waals surface area contributed by atoms with Crippen LogP contribution in [-0.4, -0.2) is 275 Å². The van der Waals surface area contributed by atoms with Gasteiger partial charge >= 0.3 is 17.9 Å². The Balaban J connectivity index is 1.39. The third kappa shape index (κ3) is 10.5. The number of carboxylic acid groups (broad SMARTS) is 2. The topological polar surface area (TPSA) is 414 Å². The number of hydrogen-bond donors (Lipinski definition) is 12. The third-order valence-corrected chi connectivity index (χ3v) is 11.8. The highest BCUT2D eigenvalue weighted by atomic mass is 16.8. The van der Waals surface area contributed by atoms with Crippen LogP contribution in [0.15, 0.2) is 0 Å². The number of aliphatic carboxylic acids is 2. The molecule has 0 aromatic carbocycles. The summed E-state index contributed by atoms with van der Waals surface area (Å²) in [5, 5.41) is 128. The zero-order valence-electron chi connectivity index (χ0n) is 35.0. The lowest BCUT2D eigenvalue weighted by Crippen LogP contribution is -2.70. The van der Waals surface area contributed by atoms with Gasteiger partial charge in [-0.2, -0.15) is 0 Å². The summed E-state index contributed by atoms with van der Waals surface area (Å²) in [7, 11) is 4.41. The lowest BCUT2D eigenvalue weighted by molar-refractivity contribution is -0.376. The molecule has 370 valence electrons. The van der Waals surface area contributed by atoms with Crippen LogP contribution in [0.25, 0.3) is 0 Å². The Hall–Kier alpha value is -2.47. The first-order valence-electron chi connectivity index (χ1n) is 19.9. The molecule has 0 amide bonds. The zero-order valence-corrected chi connectivity index (χ0v) is 35.0. The Kier molecular flexibility index (Phi) is 18.5. The van der Waals surface area contributed by atoms with Crippen LogP contribution in [0.3, 0.4) is 0 Å². The summed E-state index contributed by atoms with van der Waals surface area (Å²) in [6.45, 7) is -1.66. The number of carbonyl (C=O) groups excluding carboxylic acids is 1. The molecule has 28 nitrogen and oxygen atoms in total. The fourth-order valence-electron chi connectivity index (χ4n) is 8.65. The second-order valence-electron chi connectivity index (χ2n) is 15.5. The number of aliphatic hydroxyl groups excluding tert-OH is 10. The van der Waals surface area contributed by atoms with Crippen molar-refractivity contribution in [1.82, 2.24) is 0 Å². The minimum Gasteiger partial charge on any atom is -0.479 e. The van der Waals surface area contributed by atoms with Gasteiger partial charge in [0.05, 0.1) is 37.9 Å². The van der Waals surface area contributed by atoms with E-state index in [0.29, 0.717) is 0 Å². The van der Waals surface area contributed by atoms with E-state index in [0.717, 1.165) is 28.3 Å². The van der Waals surface area contributed by atoms with Gasteiger partial charge in [-0.15, -0.1) is 0 Å². The van der Waals surface area contributed by atoms with Crippen LogP contribution in [0.4, 0.5) is 0 Å². The van der Waals surface area contributed by atoms with Crippen molar-refractivity contribution in [3.63, 3.8) is 0 Å². The first kappa shape index (κ1) is 52.5. The van der Waals surface area contributed by atoms with Crippen LogP contribution < -0.4 is 0 Å². The van der Waals surface area contributed by atoms with Gasteiger partial charge in [-0.1, -0.05) is 0 Å². The average Bonchev–Trinajstić information content (AvgIpc) is 3.26. The van der Waals surface area contributed by atoms with Crippen molar-refractivity contribution in [3.8, 4) is 0 Å². The molecule has 0 bridgehead atoms. The Morgan fingerprint density at radius 2 is 0.875 bits per heavy atom. The minimum atomic E-state index is -2.20. The van der Waals surface area contributed by atoms with E-state index in [2.05, 4.69) is 0 Å². The molecule has 25 atom stereocenters. The number of carboxylic acids is 2. The summed E-state index contributed by atoms with van der Waals surface area (Å²) < 4.78 is 72.1. The fourth-order valence-corrected chi connectivity index (χ4v) is 8.65. The number of carbonyl (C=O) groups is 3. The van der Waals surface area contributed by atoms with Crippen LogP contribution in [-0.2, 0) is 76.0 Å². The molecule has 64 heavy (non-hydrogen) atoms. The maximum atomic E-state index is 12.8. The highest BCUT2D eigenvalue weighted by Crippen LogP contribution is 2.41. The molecule has 5 saturated heterocycles. The predicted molar refractivity (Wildman–Crippen MR) is 195 cm³/mol. The summed E-state index contributed by atoms with van der Waals surface area (Å²) >= 11 is 0. The van der Waals surface area contributed by atoms with Gasteiger partial charge in [-0.05, 0) is 0 Å². The van der Waals surface area contributed by atoms with Gasteiger partial charge in [0.15, 0.2) is 43.5 Å². The van der Waals surface area contributed by atoms with Crippen molar-refractivity contribution in [2.45, 2.75) is 154 Å². The van der Waals surface area contributed by atoms with Gasteiger partial charge in [0.1, 0.15) is 91.6 Å². The van der Waals surface area contributed by atoms with Crippen molar-refractivity contribution < 1.29 is 137 Å². The van der Waals surface area contributed by atoms with Crippen molar-refractivity contribution >= 4 is 17.9 Å². The molecule has 0 aliphatic carbocycles. The Labute approximate surface area is 363 Å². The van der Waals surface area contributed by atoms with Gasteiger partial charge in [-0.3, -0.25) is 4.79 Å². The van der Waals surface area contributed by atoms with Crippen LogP contribution in [0.1, 0.15) is 6.92 Å². The predicted octanol–water partition coefficient (Wildman–Crippen LogP) is -8.28. The van der Waals surface area contributed by atoms with Gasteiger partial charge in [0, 0.05) is 35.4 Å². The smallest absolute Gasteiger partial charge is 0.335 e. The second-order valence-corrected chi connectivity index (χ2v) is 15.5. The number of rotatable bonds is 17. The Morgan fingerprint density at radius 3 is 1.39 bits per heavy atom. The van der Waals surface area contributed by atoms with E-state index in [1.807, 2.05) is 0 Å². The van der Waals surface area contributed by atoms with Gasteiger partial charge in [0.2, 0.25) is 0 Å². The van der Waals surface area contributed by atoms with E-state index in [1.165, 1.54) is 7.11 Å². The standard InChI is InChI=1S/C36H58O28/c1-9(40)56-30-27(54-4)28(63-34-19(46)16(43)21(52-2)10(6-37)59-34)29(32(50)51)64-36(30)61-22-11(7-38)57-25(15(42)14(22)41)13-24(53-3)20(47)35(62-26(13)31(48)49)60-23-12(8-39)58-33(55-5)18(45)17(23)44/h10-30,33-39,41-47H,6-8H2,1-5H3,(H,48,49)(H,50,51)/t10-,11-,12-,13-,14-,15-,16-,17-,18-,19-,20-,21-,22-,23-,24+,25?,26-,27+,28+,29+,30-,33+,34-,35-,36-/m1/s1. The summed E-state index contributed by atoms with van der Waals surface area (Å²) in [4.78, 5) is 37.9. The molecule has 5 fully saturated rings. The third-order valence-electron chi connectivity index (χ3n) is 11.8. The quantitative estimate of drug-likeness (QED) is 0.0603. The molecule has 28 heteroatoms. The van der Waals surface area contributed by atoms with E-state index < -0.39 is 191 Å². The van der Waals surface area contributed by atoms with E-state index in [4.69, 9.17) is 61.6 Å². The Bertz CT molecular complexity index is 1520. The lowest BCUT2D eigenvalue weighted by Gasteiger charge is -2.52. The highest BCUT2D eigenvalue weighted by Gasteiger charge is 2.61.